The first-order valence-corrected chi connectivity index (χ1v) is 10.6. The van der Waals surface area contributed by atoms with Crippen LogP contribution >= 0.6 is 22.9 Å². The summed E-state index contributed by atoms with van der Waals surface area (Å²) in [5.41, 5.74) is 0.756. The largest absolute Gasteiger partial charge is 0.495 e. The molecule has 10 heteroatoms. The zero-order valence-corrected chi connectivity index (χ0v) is 16.6. The third-order valence-corrected chi connectivity index (χ3v) is 6.08. The van der Waals surface area contributed by atoms with Gasteiger partial charge in [0.25, 0.3) is 0 Å². The van der Waals surface area contributed by atoms with Gasteiger partial charge in [0.1, 0.15) is 22.9 Å². The Balaban J connectivity index is 1.56. The summed E-state index contributed by atoms with van der Waals surface area (Å²) in [6.45, 7) is 0.140. The van der Waals surface area contributed by atoms with Gasteiger partial charge in [0.05, 0.1) is 12.0 Å². The number of hydrogen-bond acceptors (Lipinski definition) is 7. The molecular weight excluding hydrogens is 410 g/mol. The molecule has 3 rings (SSSR count). The molecule has 27 heavy (non-hydrogen) atoms. The number of hydrogen-bond donors (Lipinski definition) is 1. The Morgan fingerprint density at radius 2 is 2.04 bits per heavy atom. The van der Waals surface area contributed by atoms with E-state index in [0.29, 0.717) is 10.9 Å². The second kappa shape index (κ2) is 8.66. The van der Waals surface area contributed by atoms with Crippen molar-refractivity contribution in [3.05, 3.63) is 52.9 Å². The van der Waals surface area contributed by atoms with E-state index in [0.717, 1.165) is 10.6 Å². The van der Waals surface area contributed by atoms with Crippen LogP contribution in [0.15, 0.2) is 52.7 Å². The van der Waals surface area contributed by atoms with Crippen LogP contribution in [0.5, 0.6) is 11.6 Å². The highest BCUT2D eigenvalue weighted by Crippen LogP contribution is 2.26. The summed E-state index contributed by atoms with van der Waals surface area (Å²) in [5, 5.41) is 10.3. The Hall–Kier alpha value is -2.20. The summed E-state index contributed by atoms with van der Waals surface area (Å²) in [4.78, 5) is 0.981. The number of methoxy groups -OCH3 is 1. The molecule has 0 aliphatic rings. The highest BCUT2D eigenvalue weighted by molar-refractivity contribution is 7.89. The Morgan fingerprint density at radius 3 is 2.70 bits per heavy atom. The fraction of sp³-hybridized carbons (Fsp3) is 0.176. The van der Waals surface area contributed by atoms with E-state index >= 15 is 0 Å². The van der Waals surface area contributed by atoms with E-state index in [1.807, 2.05) is 17.5 Å². The number of sulfonamides is 1. The summed E-state index contributed by atoms with van der Waals surface area (Å²) in [7, 11) is -2.40. The van der Waals surface area contributed by atoms with Crippen LogP contribution in [0.25, 0.3) is 10.6 Å². The second-order valence-electron chi connectivity index (χ2n) is 5.28. The molecule has 0 saturated carbocycles. The molecular formula is C17H16ClN3O4S2. The number of rotatable bonds is 8. The lowest BCUT2D eigenvalue weighted by atomic mass is 10.3. The van der Waals surface area contributed by atoms with Crippen molar-refractivity contribution in [1.82, 2.24) is 14.9 Å². The minimum Gasteiger partial charge on any atom is -0.495 e. The van der Waals surface area contributed by atoms with E-state index in [1.165, 1.54) is 19.2 Å². The molecule has 142 valence electrons. The van der Waals surface area contributed by atoms with Crippen molar-refractivity contribution in [3.63, 3.8) is 0 Å². The molecule has 7 nitrogen and oxygen atoms in total. The van der Waals surface area contributed by atoms with Gasteiger partial charge in [0, 0.05) is 17.6 Å². The van der Waals surface area contributed by atoms with Crippen LogP contribution in [0.3, 0.4) is 0 Å². The Kier molecular flexibility index (Phi) is 6.27. The Labute approximate surface area is 166 Å². The van der Waals surface area contributed by atoms with Crippen molar-refractivity contribution in [2.45, 2.75) is 4.90 Å². The van der Waals surface area contributed by atoms with Crippen molar-refractivity contribution < 1.29 is 17.9 Å². The predicted octanol–water partition coefficient (Wildman–Crippen LogP) is 3.22. The molecule has 0 fully saturated rings. The quantitative estimate of drug-likeness (QED) is 0.557. The van der Waals surface area contributed by atoms with Gasteiger partial charge in [-0.25, -0.2) is 13.1 Å². The third kappa shape index (κ3) is 4.95. The van der Waals surface area contributed by atoms with Crippen LogP contribution in [-0.2, 0) is 10.0 Å². The van der Waals surface area contributed by atoms with Crippen LogP contribution < -0.4 is 14.2 Å². The van der Waals surface area contributed by atoms with Crippen LogP contribution in [0, 0.1) is 0 Å². The Bertz CT molecular complexity index is 994. The van der Waals surface area contributed by atoms with Crippen LogP contribution in [0.2, 0.25) is 5.02 Å². The molecule has 0 spiro atoms. The van der Waals surface area contributed by atoms with Gasteiger partial charge in [-0.2, -0.15) is 0 Å². The van der Waals surface area contributed by atoms with Crippen molar-refractivity contribution in [2.75, 3.05) is 20.3 Å². The summed E-state index contributed by atoms with van der Waals surface area (Å²) in [5.74, 6) is 0.526. The SMILES string of the molecule is COc1ccc(Cl)cc1S(=O)(=O)NCCOc1ccc(-c2cccs2)nn1. The zero-order chi connectivity index (χ0) is 19.3. The second-order valence-corrected chi connectivity index (χ2v) is 8.40. The van der Waals surface area contributed by atoms with E-state index in [9.17, 15) is 8.42 Å². The summed E-state index contributed by atoms with van der Waals surface area (Å²) in [6.07, 6.45) is 0. The van der Waals surface area contributed by atoms with Gasteiger partial charge in [-0.15, -0.1) is 21.5 Å². The van der Waals surface area contributed by atoms with Gasteiger partial charge in [0.2, 0.25) is 15.9 Å². The summed E-state index contributed by atoms with van der Waals surface area (Å²) < 4.78 is 37.8. The van der Waals surface area contributed by atoms with Gasteiger partial charge in [0.15, 0.2) is 0 Å². The summed E-state index contributed by atoms with van der Waals surface area (Å²) in [6, 6.07) is 11.8. The van der Waals surface area contributed by atoms with Crippen molar-refractivity contribution >= 4 is 33.0 Å². The standard InChI is InChI=1S/C17H16ClN3O4S2/c1-24-14-6-4-12(18)11-16(14)27(22,23)19-8-9-25-17-7-5-13(20-21-17)15-3-2-10-26-15/h2-7,10-11,19H,8-9H2,1H3. The monoisotopic (exact) mass is 425 g/mol. The minimum atomic E-state index is -3.79. The number of aromatic nitrogens is 2. The van der Waals surface area contributed by atoms with E-state index in [4.69, 9.17) is 21.1 Å². The van der Waals surface area contributed by atoms with Gasteiger partial charge in [-0.1, -0.05) is 17.7 Å². The molecule has 1 N–H and O–H groups in total. The average Bonchev–Trinajstić information content (AvgIpc) is 3.20. The van der Waals surface area contributed by atoms with E-state index in [2.05, 4.69) is 14.9 Å². The molecule has 2 heterocycles. The summed E-state index contributed by atoms with van der Waals surface area (Å²) >= 11 is 7.45. The average molecular weight is 426 g/mol. The van der Waals surface area contributed by atoms with Crippen LogP contribution in [0.1, 0.15) is 0 Å². The molecule has 0 bridgehead atoms. The predicted molar refractivity (Wildman–Crippen MR) is 104 cm³/mol. The first kappa shape index (κ1) is 19.6. The first-order chi connectivity index (χ1) is 13.0. The molecule has 0 amide bonds. The maximum absolute atomic E-state index is 12.4. The number of thiophene rings is 1. The minimum absolute atomic E-state index is 0.0300. The number of halogens is 1. The molecule has 0 atom stereocenters. The number of ether oxygens (including phenoxy) is 2. The molecule has 3 aromatic rings. The number of benzene rings is 1. The van der Waals surface area contributed by atoms with Crippen molar-refractivity contribution in [3.8, 4) is 22.2 Å². The lowest BCUT2D eigenvalue weighted by Crippen LogP contribution is -2.28. The topological polar surface area (TPSA) is 90.4 Å². The molecule has 1 aromatic carbocycles. The van der Waals surface area contributed by atoms with E-state index in [1.54, 1.807) is 29.5 Å². The lowest BCUT2D eigenvalue weighted by molar-refractivity contribution is 0.307. The number of nitrogens with zero attached hydrogens (tertiary/aromatic N) is 2. The molecule has 0 aliphatic carbocycles. The van der Waals surface area contributed by atoms with Gasteiger partial charge >= 0.3 is 0 Å². The van der Waals surface area contributed by atoms with Gasteiger partial charge < -0.3 is 9.47 Å². The lowest BCUT2D eigenvalue weighted by Gasteiger charge is -2.11. The third-order valence-electron chi connectivity index (χ3n) is 3.47. The Morgan fingerprint density at radius 1 is 1.19 bits per heavy atom. The molecule has 0 saturated heterocycles. The zero-order valence-electron chi connectivity index (χ0n) is 14.3. The highest BCUT2D eigenvalue weighted by Gasteiger charge is 2.19. The fourth-order valence-corrected chi connectivity index (χ4v) is 4.36. The van der Waals surface area contributed by atoms with Crippen LogP contribution in [0.4, 0.5) is 0 Å². The van der Waals surface area contributed by atoms with Crippen molar-refractivity contribution in [1.29, 1.82) is 0 Å². The first-order valence-electron chi connectivity index (χ1n) is 7.83. The molecule has 0 unspecified atom stereocenters. The number of nitrogens with one attached hydrogen (secondary N) is 1. The van der Waals surface area contributed by atoms with E-state index in [-0.39, 0.29) is 23.8 Å². The van der Waals surface area contributed by atoms with Crippen molar-refractivity contribution in [2.24, 2.45) is 0 Å². The molecule has 0 radical (unpaired) electrons. The molecule has 2 aromatic heterocycles. The van der Waals surface area contributed by atoms with E-state index < -0.39 is 10.0 Å². The van der Waals surface area contributed by atoms with Gasteiger partial charge in [-0.05, 0) is 35.7 Å². The maximum Gasteiger partial charge on any atom is 0.244 e. The molecule has 0 aliphatic heterocycles. The maximum atomic E-state index is 12.4. The normalized spacial score (nSPS) is 11.3. The highest BCUT2D eigenvalue weighted by atomic mass is 35.5. The smallest absolute Gasteiger partial charge is 0.244 e. The van der Waals surface area contributed by atoms with Crippen LogP contribution in [-0.4, -0.2) is 38.9 Å². The fourth-order valence-electron chi connectivity index (χ4n) is 2.22. The van der Waals surface area contributed by atoms with Gasteiger partial charge in [-0.3, -0.25) is 0 Å².